The molecule has 0 unspecified atom stereocenters. The van der Waals surface area contributed by atoms with E-state index in [9.17, 15) is 4.79 Å². The SMILES string of the molecule is CC1=C[C@@H]2[C@@H](CC1)[C@](C)(NC=O)CC[C@H]2[C@]1(C)CC[C@@H](Cl)C(C)(C)O1. The summed E-state index contributed by atoms with van der Waals surface area (Å²) >= 11 is 6.54. The number of nitrogens with one attached hydrogen (secondary N) is 1. The fourth-order valence-electron chi connectivity index (χ4n) is 5.84. The molecule has 25 heavy (non-hydrogen) atoms. The zero-order chi connectivity index (χ0) is 18.5. The van der Waals surface area contributed by atoms with E-state index in [1.54, 1.807) is 0 Å². The summed E-state index contributed by atoms with van der Waals surface area (Å²) in [6.07, 6.45) is 9.79. The number of hydrogen-bond donors (Lipinski definition) is 1. The first-order valence-electron chi connectivity index (χ1n) is 9.84. The van der Waals surface area contributed by atoms with Crippen LogP contribution >= 0.6 is 11.6 Å². The number of ether oxygens (including phenoxy) is 1. The van der Waals surface area contributed by atoms with Crippen LogP contribution in [0.15, 0.2) is 11.6 Å². The molecule has 0 aromatic carbocycles. The number of fused-ring (bicyclic) bond motifs is 1. The Morgan fingerprint density at radius 3 is 2.52 bits per heavy atom. The second kappa shape index (κ2) is 6.56. The van der Waals surface area contributed by atoms with E-state index in [1.165, 1.54) is 5.57 Å². The maximum Gasteiger partial charge on any atom is 0.207 e. The molecule has 0 aromatic rings. The minimum atomic E-state index is -0.292. The molecular formula is C21H34ClNO2. The number of allylic oxidation sites excluding steroid dienone is 2. The molecule has 1 saturated heterocycles. The summed E-state index contributed by atoms with van der Waals surface area (Å²) in [6.45, 7) is 11.0. The van der Waals surface area contributed by atoms with Gasteiger partial charge < -0.3 is 10.1 Å². The number of rotatable bonds is 3. The van der Waals surface area contributed by atoms with Gasteiger partial charge in [0.1, 0.15) is 0 Å². The lowest BCUT2D eigenvalue weighted by atomic mass is 9.55. The van der Waals surface area contributed by atoms with Crippen LogP contribution < -0.4 is 5.32 Å². The molecule has 0 bridgehead atoms. The van der Waals surface area contributed by atoms with Gasteiger partial charge in [-0.2, -0.15) is 0 Å². The topological polar surface area (TPSA) is 38.3 Å². The lowest BCUT2D eigenvalue weighted by Crippen LogP contribution is -2.61. The monoisotopic (exact) mass is 367 g/mol. The van der Waals surface area contributed by atoms with Crippen LogP contribution in [0, 0.1) is 17.8 Å². The fourth-order valence-corrected chi connectivity index (χ4v) is 5.99. The summed E-state index contributed by atoms with van der Waals surface area (Å²) in [6, 6.07) is 0. The molecule has 3 rings (SSSR count). The Balaban J connectivity index is 1.92. The van der Waals surface area contributed by atoms with Gasteiger partial charge in [-0.3, -0.25) is 4.79 Å². The molecule has 1 heterocycles. The second-order valence-corrected chi connectivity index (χ2v) is 10.1. The summed E-state index contributed by atoms with van der Waals surface area (Å²) in [4.78, 5) is 11.2. The number of amides is 1. The minimum Gasteiger partial charge on any atom is -0.368 e. The van der Waals surface area contributed by atoms with Gasteiger partial charge in [0, 0.05) is 5.54 Å². The zero-order valence-corrected chi connectivity index (χ0v) is 17.2. The van der Waals surface area contributed by atoms with Crippen molar-refractivity contribution in [1.82, 2.24) is 5.32 Å². The van der Waals surface area contributed by atoms with Crippen LogP contribution in [-0.2, 0) is 9.53 Å². The van der Waals surface area contributed by atoms with Gasteiger partial charge in [0.2, 0.25) is 6.41 Å². The van der Waals surface area contributed by atoms with Crippen molar-refractivity contribution in [3.63, 3.8) is 0 Å². The Bertz CT molecular complexity index is 560. The predicted octanol–water partition coefficient (Wildman–Crippen LogP) is 4.83. The number of alkyl halides is 1. The molecule has 1 amide bonds. The molecule has 3 nitrogen and oxygen atoms in total. The smallest absolute Gasteiger partial charge is 0.207 e. The van der Waals surface area contributed by atoms with Crippen molar-refractivity contribution in [3.8, 4) is 0 Å². The van der Waals surface area contributed by atoms with Gasteiger partial charge in [0.25, 0.3) is 0 Å². The van der Waals surface area contributed by atoms with Gasteiger partial charge in [0.05, 0.1) is 16.6 Å². The Kier molecular flexibility index (Phi) is 5.05. The van der Waals surface area contributed by atoms with E-state index in [0.29, 0.717) is 17.8 Å². The highest BCUT2D eigenvalue weighted by Gasteiger charge is 2.55. The molecule has 1 N–H and O–H groups in total. The Morgan fingerprint density at radius 2 is 1.88 bits per heavy atom. The molecule has 1 saturated carbocycles. The summed E-state index contributed by atoms with van der Waals surface area (Å²) in [5.41, 5.74) is 0.944. The van der Waals surface area contributed by atoms with E-state index in [4.69, 9.17) is 16.3 Å². The van der Waals surface area contributed by atoms with Gasteiger partial charge in [-0.15, -0.1) is 11.6 Å². The van der Waals surface area contributed by atoms with Gasteiger partial charge >= 0.3 is 0 Å². The summed E-state index contributed by atoms with van der Waals surface area (Å²) in [7, 11) is 0. The van der Waals surface area contributed by atoms with Crippen LogP contribution in [-0.4, -0.2) is 28.5 Å². The highest BCUT2D eigenvalue weighted by atomic mass is 35.5. The number of hydrogen-bond acceptors (Lipinski definition) is 2. The van der Waals surface area contributed by atoms with Crippen molar-refractivity contribution in [2.24, 2.45) is 17.8 Å². The van der Waals surface area contributed by atoms with Crippen molar-refractivity contribution in [3.05, 3.63) is 11.6 Å². The third-order valence-electron chi connectivity index (χ3n) is 7.37. The van der Waals surface area contributed by atoms with Crippen LogP contribution in [0.25, 0.3) is 0 Å². The lowest BCUT2D eigenvalue weighted by Gasteiger charge is -2.58. The van der Waals surface area contributed by atoms with Crippen molar-refractivity contribution in [2.75, 3.05) is 0 Å². The van der Waals surface area contributed by atoms with E-state index in [2.05, 4.69) is 46.0 Å². The summed E-state index contributed by atoms with van der Waals surface area (Å²) < 4.78 is 6.67. The molecule has 142 valence electrons. The number of halogens is 1. The molecule has 4 heteroatoms. The van der Waals surface area contributed by atoms with Gasteiger partial charge in [-0.1, -0.05) is 11.6 Å². The molecule has 2 aliphatic carbocycles. The van der Waals surface area contributed by atoms with Crippen LogP contribution in [0.3, 0.4) is 0 Å². The van der Waals surface area contributed by atoms with E-state index in [-0.39, 0.29) is 22.1 Å². The van der Waals surface area contributed by atoms with Crippen molar-refractivity contribution < 1.29 is 9.53 Å². The first-order valence-corrected chi connectivity index (χ1v) is 10.3. The third-order valence-corrected chi connectivity index (χ3v) is 8.11. The second-order valence-electron chi connectivity index (χ2n) is 9.58. The van der Waals surface area contributed by atoms with Crippen molar-refractivity contribution in [2.45, 2.75) is 95.3 Å². The standard InChI is InChI=1S/C21H34ClNO2/c1-14-6-7-16-15(12-14)17(8-10-20(16,4)23-13-24)21(5)11-9-18(22)19(2,3)25-21/h12-13,15-18H,6-11H2,1-5H3,(H,23,24)/t15-,16-,17-,18-,20-,21+/m1/s1. The van der Waals surface area contributed by atoms with Crippen LogP contribution in [0.1, 0.15) is 73.1 Å². The fraction of sp³-hybridized carbons (Fsp3) is 0.857. The number of carbonyl (C=O) groups excluding carboxylic acids is 1. The molecule has 6 atom stereocenters. The van der Waals surface area contributed by atoms with Gasteiger partial charge in [-0.25, -0.2) is 0 Å². The maximum atomic E-state index is 11.2. The van der Waals surface area contributed by atoms with Crippen molar-refractivity contribution in [1.29, 1.82) is 0 Å². The first-order chi connectivity index (χ1) is 11.6. The molecule has 2 fully saturated rings. The molecule has 3 aliphatic rings. The average Bonchev–Trinajstić information content (AvgIpc) is 2.51. The van der Waals surface area contributed by atoms with Gasteiger partial charge in [-0.05, 0) is 90.9 Å². The largest absolute Gasteiger partial charge is 0.368 e. The van der Waals surface area contributed by atoms with E-state index in [1.807, 2.05) is 0 Å². The Hall–Kier alpha value is -0.540. The highest BCUT2D eigenvalue weighted by molar-refractivity contribution is 6.21. The Morgan fingerprint density at radius 1 is 1.16 bits per heavy atom. The van der Waals surface area contributed by atoms with Crippen LogP contribution in [0.2, 0.25) is 0 Å². The molecule has 0 aromatic heterocycles. The quantitative estimate of drug-likeness (QED) is 0.440. The third kappa shape index (κ3) is 3.39. The molecular weight excluding hydrogens is 334 g/mol. The van der Waals surface area contributed by atoms with Crippen molar-refractivity contribution >= 4 is 18.0 Å². The zero-order valence-electron chi connectivity index (χ0n) is 16.4. The minimum absolute atomic E-state index is 0.0746. The number of carbonyl (C=O) groups is 1. The van der Waals surface area contributed by atoms with E-state index in [0.717, 1.165) is 44.9 Å². The first kappa shape index (κ1) is 19.2. The molecule has 1 aliphatic heterocycles. The molecule has 0 radical (unpaired) electrons. The molecule has 0 spiro atoms. The predicted molar refractivity (Wildman–Crippen MR) is 103 cm³/mol. The van der Waals surface area contributed by atoms with E-state index < -0.39 is 0 Å². The summed E-state index contributed by atoms with van der Waals surface area (Å²) in [5, 5.41) is 3.24. The maximum absolute atomic E-state index is 11.2. The van der Waals surface area contributed by atoms with E-state index >= 15 is 0 Å². The highest BCUT2D eigenvalue weighted by Crippen LogP contribution is 2.54. The Labute approximate surface area is 157 Å². The average molecular weight is 368 g/mol. The van der Waals surface area contributed by atoms with Gasteiger partial charge in [0.15, 0.2) is 0 Å². The normalized spacial score (nSPS) is 46.7. The van der Waals surface area contributed by atoms with Crippen LogP contribution in [0.5, 0.6) is 0 Å². The van der Waals surface area contributed by atoms with Crippen LogP contribution in [0.4, 0.5) is 0 Å². The summed E-state index contributed by atoms with van der Waals surface area (Å²) in [5.74, 6) is 1.43. The lowest BCUT2D eigenvalue weighted by molar-refractivity contribution is -0.205.